The van der Waals surface area contributed by atoms with Crippen molar-refractivity contribution in [1.82, 2.24) is 0 Å². The van der Waals surface area contributed by atoms with Crippen molar-refractivity contribution < 1.29 is 24.5 Å². The van der Waals surface area contributed by atoms with Gasteiger partial charge in [-0.15, -0.1) is 0 Å². The summed E-state index contributed by atoms with van der Waals surface area (Å²) < 4.78 is 13.6. The molecular weight excluding hydrogens is 307 g/mol. The average molecular weight is 319 g/mol. The summed E-state index contributed by atoms with van der Waals surface area (Å²) in [6.07, 6.45) is 1.50. The van der Waals surface area contributed by atoms with Crippen LogP contribution in [0.25, 0.3) is 0 Å². The fourth-order valence-corrected chi connectivity index (χ4v) is 2.75. The highest BCUT2D eigenvalue weighted by atomic mass is 79.9. The lowest BCUT2D eigenvalue weighted by molar-refractivity contribution is -0.137. The van der Waals surface area contributed by atoms with Crippen molar-refractivity contribution >= 4 is 21.9 Å². The van der Waals surface area contributed by atoms with E-state index in [1.54, 1.807) is 0 Å². The molecule has 3 N–H and O–H groups in total. The van der Waals surface area contributed by atoms with E-state index in [0.29, 0.717) is 0 Å². The maximum atomic E-state index is 13.5. The molecule has 1 fully saturated rings. The number of aromatic hydroxyl groups is 2. The topological polar surface area (TPSA) is 77.8 Å². The van der Waals surface area contributed by atoms with Crippen LogP contribution >= 0.6 is 15.9 Å². The monoisotopic (exact) mass is 318 g/mol. The molecule has 1 aliphatic carbocycles. The molecule has 0 amide bonds. The predicted octanol–water partition coefficient (Wildman–Crippen LogP) is 2.97. The Hall–Kier alpha value is -1.30. The van der Waals surface area contributed by atoms with E-state index in [4.69, 9.17) is 5.11 Å². The fraction of sp³-hybridized carbons (Fsp3) is 0.417. The van der Waals surface area contributed by atoms with Gasteiger partial charge in [-0.25, -0.2) is 4.39 Å². The summed E-state index contributed by atoms with van der Waals surface area (Å²) in [5.74, 6) is -3.11. The van der Waals surface area contributed by atoms with Crippen LogP contribution in [0.1, 0.15) is 30.7 Å². The Kier molecular flexibility index (Phi) is 3.47. The van der Waals surface area contributed by atoms with Crippen LogP contribution in [0, 0.1) is 11.7 Å². The highest BCUT2D eigenvalue weighted by Crippen LogP contribution is 2.51. The minimum Gasteiger partial charge on any atom is -0.504 e. The van der Waals surface area contributed by atoms with E-state index in [0.717, 1.165) is 18.9 Å². The molecule has 0 bridgehead atoms. The maximum absolute atomic E-state index is 13.5. The van der Waals surface area contributed by atoms with Gasteiger partial charge in [0.2, 0.25) is 0 Å². The zero-order chi connectivity index (χ0) is 13.4. The summed E-state index contributed by atoms with van der Waals surface area (Å²) in [6, 6.07) is 0.799. The molecule has 1 aromatic carbocycles. The second-order valence-electron chi connectivity index (χ2n) is 4.50. The Morgan fingerprint density at radius 3 is 2.61 bits per heavy atom. The van der Waals surface area contributed by atoms with Crippen molar-refractivity contribution in [3.05, 3.63) is 21.9 Å². The molecule has 0 heterocycles. The van der Waals surface area contributed by atoms with Crippen LogP contribution < -0.4 is 0 Å². The molecule has 0 saturated heterocycles. The lowest BCUT2D eigenvalue weighted by atomic mass is 9.90. The van der Waals surface area contributed by atoms with Crippen LogP contribution in [0.4, 0.5) is 4.39 Å². The van der Waals surface area contributed by atoms with E-state index in [1.807, 2.05) is 0 Å². The lowest BCUT2D eigenvalue weighted by Gasteiger charge is -2.18. The van der Waals surface area contributed by atoms with E-state index in [-0.39, 0.29) is 22.4 Å². The predicted molar refractivity (Wildman–Crippen MR) is 65.1 cm³/mol. The van der Waals surface area contributed by atoms with Crippen LogP contribution in [0.2, 0.25) is 0 Å². The first-order valence-electron chi connectivity index (χ1n) is 5.53. The van der Waals surface area contributed by atoms with E-state index in [1.165, 1.54) is 0 Å². The average Bonchev–Trinajstić information content (AvgIpc) is 3.08. The molecular formula is C12H12BrFO4. The van der Waals surface area contributed by atoms with Crippen molar-refractivity contribution in [1.29, 1.82) is 0 Å². The summed E-state index contributed by atoms with van der Waals surface area (Å²) in [7, 11) is 0. The molecule has 18 heavy (non-hydrogen) atoms. The minimum absolute atomic E-state index is 0.0240. The van der Waals surface area contributed by atoms with Gasteiger partial charge in [0.05, 0.1) is 10.9 Å². The highest BCUT2D eigenvalue weighted by molar-refractivity contribution is 9.10. The van der Waals surface area contributed by atoms with Gasteiger partial charge in [0.15, 0.2) is 11.5 Å². The summed E-state index contributed by atoms with van der Waals surface area (Å²) in [5, 5.41) is 28.1. The van der Waals surface area contributed by atoms with Crippen molar-refractivity contribution in [2.75, 3.05) is 0 Å². The Morgan fingerprint density at radius 1 is 1.50 bits per heavy atom. The molecule has 0 aliphatic heterocycles. The number of aliphatic carboxylic acids is 1. The quantitative estimate of drug-likeness (QED) is 0.746. The third kappa shape index (κ3) is 2.43. The zero-order valence-electron chi connectivity index (χ0n) is 9.36. The number of hydrogen-bond acceptors (Lipinski definition) is 3. The fourth-order valence-electron chi connectivity index (χ4n) is 2.15. The Morgan fingerprint density at radius 2 is 2.11 bits per heavy atom. The number of carboxylic acids is 1. The molecule has 4 nitrogen and oxygen atoms in total. The summed E-state index contributed by atoms with van der Waals surface area (Å²) in [6.45, 7) is 0. The van der Waals surface area contributed by atoms with Crippen LogP contribution in [0.3, 0.4) is 0 Å². The van der Waals surface area contributed by atoms with E-state index in [9.17, 15) is 19.4 Å². The lowest BCUT2D eigenvalue weighted by Crippen LogP contribution is -2.10. The first-order chi connectivity index (χ1) is 8.41. The first kappa shape index (κ1) is 13.1. The Balaban J connectivity index is 2.49. The van der Waals surface area contributed by atoms with Crippen molar-refractivity contribution in [2.45, 2.75) is 25.2 Å². The summed E-state index contributed by atoms with van der Waals surface area (Å²) >= 11 is 3.01. The second-order valence-corrected chi connectivity index (χ2v) is 5.29. The first-order valence-corrected chi connectivity index (χ1v) is 6.32. The Bertz CT molecular complexity index is 473. The normalized spacial score (nSPS) is 16.6. The van der Waals surface area contributed by atoms with Gasteiger partial charge < -0.3 is 15.3 Å². The number of benzene rings is 1. The zero-order valence-corrected chi connectivity index (χ0v) is 10.9. The van der Waals surface area contributed by atoms with Crippen molar-refractivity contribution in [2.24, 2.45) is 5.92 Å². The number of phenolic OH excluding ortho intramolecular Hbond substituents is 2. The number of hydrogen-bond donors (Lipinski definition) is 3. The van der Waals surface area contributed by atoms with Gasteiger partial charge in [0.25, 0.3) is 0 Å². The molecule has 1 saturated carbocycles. The summed E-state index contributed by atoms with van der Waals surface area (Å²) in [4.78, 5) is 10.9. The number of rotatable bonds is 4. The largest absolute Gasteiger partial charge is 0.504 e. The molecule has 1 unspecified atom stereocenters. The van der Waals surface area contributed by atoms with Gasteiger partial charge >= 0.3 is 5.97 Å². The van der Waals surface area contributed by atoms with Crippen molar-refractivity contribution in [3.63, 3.8) is 0 Å². The minimum atomic E-state index is -1.01. The van der Waals surface area contributed by atoms with Crippen LogP contribution in [0.5, 0.6) is 11.5 Å². The highest BCUT2D eigenvalue weighted by Gasteiger charge is 2.37. The number of carbonyl (C=O) groups is 1. The summed E-state index contributed by atoms with van der Waals surface area (Å²) in [5.41, 5.74) is 0.150. The number of phenols is 2. The molecule has 1 atom stereocenters. The second kappa shape index (κ2) is 4.76. The van der Waals surface area contributed by atoms with E-state index in [2.05, 4.69) is 15.9 Å². The molecule has 0 radical (unpaired) electrons. The van der Waals surface area contributed by atoms with Crippen LogP contribution in [-0.2, 0) is 4.79 Å². The molecule has 0 aromatic heterocycles. The van der Waals surface area contributed by atoms with Gasteiger partial charge in [-0.05, 0) is 34.7 Å². The number of halogens is 2. The van der Waals surface area contributed by atoms with Crippen LogP contribution in [0.15, 0.2) is 10.5 Å². The third-order valence-electron chi connectivity index (χ3n) is 3.16. The maximum Gasteiger partial charge on any atom is 0.303 e. The molecule has 6 heteroatoms. The van der Waals surface area contributed by atoms with Gasteiger partial charge in [0, 0.05) is 17.5 Å². The molecule has 1 aliphatic rings. The molecule has 1 aromatic rings. The standard InChI is InChI=1S/C12H12BrFO4/c13-11-7(14)4-8(15)12(18)10(11)6(3-9(16)17)5-1-2-5/h4-6,15,18H,1-3H2,(H,16,17). The van der Waals surface area contributed by atoms with Crippen molar-refractivity contribution in [3.8, 4) is 11.5 Å². The SMILES string of the molecule is O=C(O)CC(c1c(O)c(O)cc(F)c1Br)C1CC1. The van der Waals surface area contributed by atoms with Crippen LogP contribution in [-0.4, -0.2) is 21.3 Å². The molecule has 2 rings (SSSR count). The van der Waals surface area contributed by atoms with Gasteiger partial charge in [-0.2, -0.15) is 0 Å². The smallest absolute Gasteiger partial charge is 0.303 e. The number of carboxylic acid groups (broad SMARTS) is 1. The van der Waals surface area contributed by atoms with E-state index < -0.39 is 29.2 Å². The molecule has 0 spiro atoms. The third-order valence-corrected chi connectivity index (χ3v) is 3.97. The van der Waals surface area contributed by atoms with Gasteiger partial charge in [0.1, 0.15) is 5.82 Å². The van der Waals surface area contributed by atoms with E-state index >= 15 is 0 Å². The van der Waals surface area contributed by atoms with Gasteiger partial charge in [-0.1, -0.05) is 0 Å². The Labute approximate surface area is 111 Å². The van der Waals surface area contributed by atoms with Gasteiger partial charge in [-0.3, -0.25) is 4.79 Å². The molecule has 98 valence electrons.